The molecular formula is C49H50Cl2N4O6. The second-order valence-electron chi connectivity index (χ2n) is 14.9. The number of nitrogens with zero attached hydrogens (tertiary/aromatic N) is 3. The number of aromatic nitrogens is 2. The van der Waals surface area contributed by atoms with Crippen molar-refractivity contribution in [2.75, 3.05) is 20.3 Å². The molecule has 2 unspecified atom stereocenters. The van der Waals surface area contributed by atoms with Crippen LogP contribution in [0.1, 0.15) is 56.6 Å². The molecule has 61 heavy (non-hydrogen) atoms. The second kappa shape index (κ2) is 21.7. The van der Waals surface area contributed by atoms with Gasteiger partial charge >= 0.3 is 0 Å². The fourth-order valence-electron chi connectivity index (χ4n) is 7.35. The van der Waals surface area contributed by atoms with Gasteiger partial charge in [-0.05, 0) is 133 Å². The Balaban J connectivity index is 0.00000201. The van der Waals surface area contributed by atoms with E-state index >= 15 is 0 Å². The van der Waals surface area contributed by atoms with Gasteiger partial charge in [0.1, 0.15) is 24.2 Å². The van der Waals surface area contributed by atoms with Crippen LogP contribution in [0.25, 0.3) is 11.1 Å². The van der Waals surface area contributed by atoms with Crippen LogP contribution in [-0.4, -0.2) is 58.7 Å². The van der Waals surface area contributed by atoms with Gasteiger partial charge in [0.05, 0.1) is 28.4 Å². The molecule has 0 aliphatic carbocycles. The minimum atomic E-state index is -0.347. The summed E-state index contributed by atoms with van der Waals surface area (Å²) >= 11 is 12.2. The van der Waals surface area contributed by atoms with Crippen molar-refractivity contribution in [2.24, 2.45) is 0 Å². The Morgan fingerprint density at radius 2 is 1.64 bits per heavy atom. The van der Waals surface area contributed by atoms with Crippen molar-refractivity contribution in [3.63, 3.8) is 0 Å². The van der Waals surface area contributed by atoms with E-state index in [1.165, 1.54) is 16.7 Å². The molecule has 6 aromatic rings. The molecule has 1 amide bonds. The number of fused-ring (bicyclic) bond motifs is 1. The molecule has 0 spiro atoms. The van der Waals surface area contributed by atoms with Gasteiger partial charge in [0.15, 0.2) is 0 Å². The third kappa shape index (κ3) is 12.2. The quantitative estimate of drug-likeness (QED) is 0.0972. The maximum Gasteiger partial charge on any atom is 0.290 e. The van der Waals surface area contributed by atoms with Gasteiger partial charge in [0.2, 0.25) is 5.91 Å². The molecule has 7 rings (SSSR count). The number of benzene rings is 4. The number of ether oxygens (including phenoxy) is 3. The normalized spacial score (nSPS) is 13.9. The van der Waals surface area contributed by atoms with Crippen LogP contribution >= 0.6 is 23.2 Å². The minimum Gasteiger partial charge on any atom is -0.489 e. The Labute approximate surface area is 367 Å². The first kappa shape index (κ1) is 44.8. The highest BCUT2D eigenvalue weighted by Crippen LogP contribution is 2.32. The molecule has 10 nitrogen and oxygen atoms in total. The fraction of sp³-hybridized carbons (Fsp3) is 0.265. The second-order valence-corrected chi connectivity index (χ2v) is 15.7. The molecule has 0 fully saturated rings. The number of methoxy groups -OCH3 is 1. The molecule has 2 aromatic heterocycles. The zero-order valence-electron chi connectivity index (χ0n) is 34.7. The van der Waals surface area contributed by atoms with Gasteiger partial charge in [-0.2, -0.15) is 0 Å². The van der Waals surface area contributed by atoms with Gasteiger partial charge in [-0.1, -0.05) is 77.8 Å². The zero-order valence-corrected chi connectivity index (χ0v) is 36.2. The van der Waals surface area contributed by atoms with Crippen LogP contribution in [-0.2, 0) is 46.9 Å². The molecule has 0 saturated carbocycles. The molecule has 3 heterocycles. The van der Waals surface area contributed by atoms with Crippen molar-refractivity contribution >= 4 is 35.6 Å². The van der Waals surface area contributed by atoms with Crippen LogP contribution in [0.2, 0.25) is 10.0 Å². The number of carbonyl (C=O) groups is 2. The van der Waals surface area contributed by atoms with Crippen molar-refractivity contribution in [3.8, 4) is 22.6 Å². The SMILES string of the molecule is COCC(Oc1ccc2c(c1)CN(Cc1cccc(C)n1)C(C(=O)NCCc1ccc(-c3ccnc(C)c3C)cc1)C2)c1ccc(OCc2ccc(Cl)c(Cl)c2)cc1.O=CO. The summed E-state index contributed by atoms with van der Waals surface area (Å²) in [4.78, 5) is 33.7. The maximum atomic E-state index is 13.9. The minimum absolute atomic E-state index is 0.0164. The van der Waals surface area contributed by atoms with Crippen LogP contribution in [0.3, 0.4) is 0 Å². The Kier molecular flexibility index (Phi) is 15.9. The lowest BCUT2D eigenvalue weighted by Crippen LogP contribution is -2.50. The van der Waals surface area contributed by atoms with E-state index in [-0.39, 0.29) is 24.5 Å². The molecule has 0 bridgehead atoms. The number of halogens is 2. The number of amides is 1. The third-order valence-corrected chi connectivity index (χ3v) is 11.4. The van der Waals surface area contributed by atoms with Crippen LogP contribution in [0.4, 0.5) is 0 Å². The predicted octanol–water partition coefficient (Wildman–Crippen LogP) is 9.71. The van der Waals surface area contributed by atoms with E-state index in [2.05, 4.69) is 64.6 Å². The number of hydrogen-bond acceptors (Lipinski definition) is 8. The average Bonchev–Trinajstić information content (AvgIpc) is 3.25. The molecule has 0 radical (unpaired) electrons. The van der Waals surface area contributed by atoms with E-state index in [4.69, 9.17) is 52.3 Å². The monoisotopic (exact) mass is 860 g/mol. The van der Waals surface area contributed by atoms with Crippen molar-refractivity contribution in [3.05, 3.63) is 176 Å². The first-order valence-electron chi connectivity index (χ1n) is 20.0. The lowest BCUT2D eigenvalue weighted by molar-refractivity contribution is -0.127. The largest absolute Gasteiger partial charge is 0.489 e. The number of pyridine rings is 2. The summed E-state index contributed by atoms with van der Waals surface area (Å²) in [7, 11) is 1.67. The fourth-order valence-corrected chi connectivity index (χ4v) is 7.67. The van der Waals surface area contributed by atoms with Gasteiger partial charge in [-0.3, -0.25) is 24.5 Å². The number of carbonyl (C=O) groups excluding carboxylic acids is 1. The number of nitrogens with one attached hydrogen (secondary N) is 1. The van der Waals surface area contributed by atoms with Crippen molar-refractivity contribution < 1.29 is 28.9 Å². The van der Waals surface area contributed by atoms with E-state index in [1.54, 1.807) is 19.2 Å². The van der Waals surface area contributed by atoms with Crippen molar-refractivity contribution in [1.82, 2.24) is 20.2 Å². The van der Waals surface area contributed by atoms with Crippen LogP contribution in [0, 0.1) is 20.8 Å². The Morgan fingerprint density at radius 3 is 2.36 bits per heavy atom. The highest BCUT2D eigenvalue weighted by atomic mass is 35.5. The van der Waals surface area contributed by atoms with E-state index < -0.39 is 0 Å². The summed E-state index contributed by atoms with van der Waals surface area (Å²) in [6.45, 7) is 8.28. The summed E-state index contributed by atoms with van der Waals surface area (Å²) in [5.41, 5.74) is 11.8. The Bertz CT molecular complexity index is 2410. The first-order chi connectivity index (χ1) is 29.5. The molecule has 2 N–H and O–H groups in total. The zero-order chi connectivity index (χ0) is 43.3. The maximum absolute atomic E-state index is 13.9. The summed E-state index contributed by atoms with van der Waals surface area (Å²) < 4.78 is 18.2. The van der Waals surface area contributed by atoms with Crippen molar-refractivity contribution in [1.29, 1.82) is 0 Å². The molecule has 12 heteroatoms. The number of rotatable bonds is 15. The summed E-state index contributed by atoms with van der Waals surface area (Å²) in [5.74, 6) is 1.47. The molecule has 1 aliphatic rings. The predicted molar refractivity (Wildman–Crippen MR) is 239 cm³/mol. The average molecular weight is 862 g/mol. The number of aryl methyl sites for hydroxylation is 2. The summed E-state index contributed by atoms with van der Waals surface area (Å²) in [6, 6.07) is 35.8. The lowest BCUT2D eigenvalue weighted by atomic mass is 9.92. The molecule has 0 saturated heterocycles. The summed E-state index contributed by atoms with van der Waals surface area (Å²) in [5, 5.41) is 11.1. The highest BCUT2D eigenvalue weighted by Gasteiger charge is 2.32. The highest BCUT2D eigenvalue weighted by molar-refractivity contribution is 6.42. The first-order valence-corrected chi connectivity index (χ1v) is 20.8. The van der Waals surface area contributed by atoms with Gasteiger partial charge in [0.25, 0.3) is 6.47 Å². The van der Waals surface area contributed by atoms with Gasteiger partial charge in [0, 0.05) is 44.3 Å². The Hall–Kier alpha value is -5.78. The number of hydrogen-bond donors (Lipinski definition) is 2. The topological polar surface area (TPSA) is 123 Å². The van der Waals surface area contributed by atoms with Crippen LogP contribution < -0.4 is 14.8 Å². The van der Waals surface area contributed by atoms with Gasteiger partial charge in [-0.25, -0.2) is 0 Å². The molecule has 2 atom stereocenters. The number of carboxylic acid groups (broad SMARTS) is 1. The standard InChI is InChI=1S/C48H48Cl2N4O4.CH2O2/c1-31-6-5-7-40(53-31)28-54-27-39-25-42(58-47(30-56-4)37-13-16-41(17-14-37)57-29-35-10-19-44(49)45(50)24-35)18-15-38(39)26-46(54)48(55)52-22-20-34-8-11-36(12-9-34)43-21-23-51-33(3)32(43)2;2-1-3/h5-19,21,23-25,46-47H,20,22,26-30H2,1-4H3,(H,52,55);1H,(H,2,3). The smallest absolute Gasteiger partial charge is 0.290 e. The van der Waals surface area contributed by atoms with Crippen LogP contribution in [0.5, 0.6) is 11.5 Å². The lowest BCUT2D eigenvalue weighted by Gasteiger charge is -2.36. The molecular weight excluding hydrogens is 811 g/mol. The van der Waals surface area contributed by atoms with Gasteiger partial charge < -0.3 is 24.6 Å². The van der Waals surface area contributed by atoms with E-state index in [0.29, 0.717) is 49.3 Å². The third-order valence-electron chi connectivity index (χ3n) is 10.7. The van der Waals surface area contributed by atoms with Crippen molar-refractivity contribution in [2.45, 2.75) is 65.5 Å². The summed E-state index contributed by atoms with van der Waals surface area (Å²) in [6.07, 6.45) is 2.83. The Morgan fingerprint density at radius 1 is 0.902 bits per heavy atom. The van der Waals surface area contributed by atoms with Gasteiger partial charge in [-0.15, -0.1) is 0 Å². The molecule has 4 aromatic carbocycles. The van der Waals surface area contributed by atoms with E-state index in [0.717, 1.165) is 62.8 Å². The molecule has 1 aliphatic heterocycles. The van der Waals surface area contributed by atoms with E-state index in [1.807, 2.05) is 74.6 Å². The van der Waals surface area contributed by atoms with Crippen LogP contribution in [0.15, 0.2) is 115 Å². The molecule has 316 valence electrons. The van der Waals surface area contributed by atoms with E-state index in [9.17, 15) is 4.79 Å².